The van der Waals surface area contributed by atoms with Gasteiger partial charge in [0.2, 0.25) is 23.6 Å². The van der Waals surface area contributed by atoms with Crippen LogP contribution in [0.4, 0.5) is 15.8 Å². The van der Waals surface area contributed by atoms with Crippen molar-refractivity contribution in [1.29, 1.82) is 0 Å². The maximum Gasteiger partial charge on any atom is 0.241 e. The van der Waals surface area contributed by atoms with Crippen LogP contribution in [0, 0.1) is 34.9 Å². The molecular formula is C33H25Cl2FN2O5. The molecule has 2 saturated heterocycles. The lowest BCUT2D eigenvalue weighted by atomic mass is 9.51. The molecule has 2 aliphatic heterocycles. The van der Waals surface area contributed by atoms with E-state index in [1.807, 2.05) is 6.08 Å². The number of imide groups is 2. The Morgan fingerprint density at radius 1 is 0.860 bits per heavy atom. The lowest BCUT2D eigenvalue weighted by molar-refractivity contribution is -0.131. The van der Waals surface area contributed by atoms with Gasteiger partial charge in [0.25, 0.3) is 0 Å². The van der Waals surface area contributed by atoms with Crippen LogP contribution >= 0.6 is 23.2 Å². The molecule has 7 nitrogen and oxygen atoms in total. The van der Waals surface area contributed by atoms with Crippen molar-refractivity contribution in [1.82, 2.24) is 0 Å². The summed E-state index contributed by atoms with van der Waals surface area (Å²) in [6, 6.07) is 16.9. The predicted octanol–water partition coefficient (Wildman–Crippen LogP) is 6.27. The number of amides is 4. The van der Waals surface area contributed by atoms with Crippen LogP contribution < -0.4 is 9.80 Å². The van der Waals surface area contributed by atoms with Gasteiger partial charge in [-0.3, -0.25) is 24.1 Å². The molecule has 43 heavy (non-hydrogen) atoms. The number of allylic oxidation sites excluding steroid dienone is 2. The number of benzene rings is 3. The Hall–Kier alpha value is -4.01. The molecule has 3 aromatic carbocycles. The molecule has 3 fully saturated rings. The maximum absolute atomic E-state index is 14.4. The molecular weight excluding hydrogens is 594 g/mol. The lowest BCUT2D eigenvalue weighted by Gasteiger charge is -2.49. The molecule has 6 atom stereocenters. The number of aromatic hydroxyl groups is 1. The van der Waals surface area contributed by atoms with Gasteiger partial charge in [0.05, 0.1) is 39.6 Å². The summed E-state index contributed by atoms with van der Waals surface area (Å²) < 4.78 is 14.0. The fourth-order valence-electron chi connectivity index (χ4n) is 7.82. The molecule has 7 rings (SSSR count). The summed E-state index contributed by atoms with van der Waals surface area (Å²) in [5, 5.41) is 11.2. The second-order valence-corrected chi connectivity index (χ2v) is 12.7. The second kappa shape index (κ2) is 9.76. The Labute approximate surface area is 256 Å². The number of rotatable bonds is 3. The highest BCUT2D eigenvalue weighted by Gasteiger charge is 2.68. The highest BCUT2D eigenvalue weighted by atomic mass is 35.5. The highest BCUT2D eigenvalue weighted by Crippen LogP contribution is 2.64. The molecule has 4 amide bonds. The van der Waals surface area contributed by atoms with Crippen molar-refractivity contribution >= 4 is 58.2 Å². The number of nitrogens with zero attached hydrogens (tertiary/aromatic N) is 2. The van der Waals surface area contributed by atoms with E-state index in [0.717, 1.165) is 11.0 Å². The number of anilines is 2. The molecule has 2 aliphatic carbocycles. The lowest BCUT2D eigenvalue weighted by Crippen LogP contribution is -2.48. The SMILES string of the molecule is CC12C(=O)N(c3ccc(F)c(Cl)c3)C(=O)C1CC1C(=CCC3C(=O)N(c4ccccc4)C(=O)C31)C2c1cc(Cl)ccc1O. The van der Waals surface area contributed by atoms with Crippen molar-refractivity contribution in [3.05, 3.63) is 99.8 Å². The van der Waals surface area contributed by atoms with Crippen LogP contribution in [0.2, 0.25) is 10.0 Å². The van der Waals surface area contributed by atoms with Crippen molar-refractivity contribution < 1.29 is 28.7 Å². The summed E-state index contributed by atoms with van der Waals surface area (Å²) in [7, 11) is 0. The van der Waals surface area contributed by atoms with Crippen molar-refractivity contribution in [3.63, 3.8) is 0 Å². The van der Waals surface area contributed by atoms with E-state index in [1.54, 1.807) is 43.3 Å². The zero-order chi connectivity index (χ0) is 30.4. The van der Waals surface area contributed by atoms with Crippen LogP contribution in [0.5, 0.6) is 5.75 Å². The van der Waals surface area contributed by atoms with Gasteiger partial charge in [0.15, 0.2) is 0 Å². The number of carbonyl (C=O) groups is 4. The quantitative estimate of drug-likeness (QED) is 0.276. The molecule has 6 unspecified atom stereocenters. The number of hydrogen-bond donors (Lipinski definition) is 1. The van der Waals surface area contributed by atoms with Gasteiger partial charge in [-0.1, -0.05) is 53.1 Å². The Morgan fingerprint density at radius 3 is 2.33 bits per heavy atom. The molecule has 3 aromatic rings. The number of hydrogen-bond acceptors (Lipinski definition) is 5. The summed E-state index contributed by atoms with van der Waals surface area (Å²) in [5.74, 6) is -6.18. The van der Waals surface area contributed by atoms with Crippen LogP contribution in [0.15, 0.2) is 78.4 Å². The molecule has 218 valence electrons. The monoisotopic (exact) mass is 618 g/mol. The summed E-state index contributed by atoms with van der Waals surface area (Å²) in [6.45, 7) is 1.69. The van der Waals surface area contributed by atoms with Gasteiger partial charge in [-0.2, -0.15) is 0 Å². The minimum Gasteiger partial charge on any atom is -0.508 e. The van der Waals surface area contributed by atoms with Crippen LogP contribution in [0.1, 0.15) is 31.2 Å². The first-order valence-corrected chi connectivity index (χ1v) is 14.7. The third kappa shape index (κ3) is 3.85. The second-order valence-electron chi connectivity index (χ2n) is 11.8. The number of phenolic OH excluding ortho intramolecular Hbond substituents is 1. The van der Waals surface area contributed by atoms with Crippen molar-refractivity contribution in [2.45, 2.75) is 25.7 Å². The number of fused-ring (bicyclic) bond motifs is 4. The number of carbonyl (C=O) groups excluding carboxylic acids is 4. The van der Waals surface area contributed by atoms with Crippen LogP contribution in [-0.2, 0) is 19.2 Å². The van der Waals surface area contributed by atoms with E-state index in [1.165, 1.54) is 29.2 Å². The van der Waals surface area contributed by atoms with Gasteiger partial charge >= 0.3 is 0 Å². The van der Waals surface area contributed by atoms with Crippen LogP contribution in [0.25, 0.3) is 0 Å². The minimum absolute atomic E-state index is 0.110. The molecule has 4 aliphatic rings. The van der Waals surface area contributed by atoms with Gasteiger partial charge in [-0.25, -0.2) is 9.29 Å². The first-order chi connectivity index (χ1) is 20.5. The van der Waals surface area contributed by atoms with E-state index in [2.05, 4.69) is 0 Å². The molecule has 2 heterocycles. The van der Waals surface area contributed by atoms with Crippen LogP contribution in [-0.4, -0.2) is 28.7 Å². The summed E-state index contributed by atoms with van der Waals surface area (Å²) >= 11 is 12.4. The molecule has 0 spiro atoms. The van der Waals surface area contributed by atoms with Gasteiger partial charge in [0.1, 0.15) is 11.6 Å². The molecule has 1 N–H and O–H groups in total. The standard InChI is InChI=1S/C33H25Cl2FN2O5/c1-33-23(30(41)38(32(33)43)18-8-11-25(36)24(35)14-18)15-21-19(28(33)22-13-16(34)7-12-26(22)39)9-10-20-27(21)31(42)37(29(20)40)17-5-3-2-4-6-17/h2-9,11-14,20-21,23,27-28,39H,10,15H2,1H3. The average Bonchev–Trinajstić information content (AvgIpc) is 3.36. The Bertz CT molecular complexity index is 1780. The Balaban J connectivity index is 1.39. The molecule has 0 radical (unpaired) electrons. The van der Waals surface area contributed by atoms with E-state index >= 15 is 0 Å². The third-order valence-corrected chi connectivity index (χ3v) is 10.3. The fourth-order valence-corrected chi connectivity index (χ4v) is 8.17. The van der Waals surface area contributed by atoms with E-state index in [9.17, 15) is 28.7 Å². The number of phenols is 1. The smallest absolute Gasteiger partial charge is 0.241 e. The highest BCUT2D eigenvalue weighted by molar-refractivity contribution is 6.32. The van der Waals surface area contributed by atoms with Crippen molar-refractivity contribution in [2.75, 3.05) is 9.80 Å². The first-order valence-electron chi connectivity index (χ1n) is 14.0. The van der Waals surface area contributed by atoms with Crippen molar-refractivity contribution in [2.24, 2.45) is 29.1 Å². The van der Waals surface area contributed by atoms with Gasteiger partial charge in [-0.15, -0.1) is 0 Å². The third-order valence-electron chi connectivity index (χ3n) is 9.75. The summed E-state index contributed by atoms with van der Waals surface area (Å²) in [6.07, 6.45) is 2.30. The number of halogens is 3. The van der Waals surface area contributed by atoms with E-state index in [0.29, 0.717) is 21.8 Å². The Kier molecular flexibility index (Phi) is 6.31. The van der Waals surface area contributed by atoms with Crippen LogP contribution in [0.3, 0.4) is 0 Å². The van der Waals surface area contributed by atoms with Crippen molar-refractivity contribution in [3.8, 4) is 5.75 Å². The predicted molar refractivity (Wildman–Crippen MR) is 158 cm³/mol. The molecule has 1 saturated carbocycles. The molecule has 10 heteroatoms. The van der Waals surface area contributed by atoms with E-state index in [4.69, 9.17) is 23.2 Å². The molecule has 0 aromatic heterocycles. The van der Waals surface area contributed by atoms with E-state index < -0.39 is 52.6 Å². The summed E-state index contributed by atoms with van der Waals surface area (Å²) in [4.78, 5) is 58.5. The normalized spacial score (nSPS) is 29.9. The summed E-state index contributed by atoms with van der Waals surface area (Å²) in [5.41, 5.74) is 0.285. The largest absolute Gasteiger partial charge is 0.508 e. The van der Waals surface area contributed by atoms with Gasteiger partial charge in [0, 0.05) is 16.5 Å². The zero-order valence-corrected chi connectivity index (χ0v) is 24.3. The maximum atomic E-state index is 14.4. The fraction of sp³-hybridized carbons (Fsp3) is 0.273. The van der Waals surface area contributed by atoms with E-state index in [-0.39, 0.29) is 41.1 Å². The Morgan fingerprint density at radius 2 is 1.60 bits per heavy atom. The van der Waals surface area contributed by atoms with Gasteiger partial charge < -0.3 is 5.11 Å². The average molecular weight is 619 g/mol. The zero-order valence-electron chi connectivity index (χ0n) is 22.8. The minimum atomic E-state index is -1.39. The van der Waals surface area contributed by atoms with Gasteiger partial charge in [-0.05, 0) is 74.2 Å². The number of para-hydroxylation sites is 1. The topological polar surface area (TPSA) is 95.0 Å². The molecule has 0 bridgehead atoms. The first kappa shape index (κ1) is 27.8.